The van der Waals surface area contributed by atoms with Gasteiger partial charge in [-0.1, -0.05) is 13.3 Å². The molecule has 6 heteroatoms. The smallest absolute Gasteiger partial charge is 0.220 e. The number of hydrogen-bond donors (Lipinski definition) is 2. The number of carbonyl (C=O) groups excluding carboxylic acids is 1. The van der Waals surface area contributed by atoms with Crippen LogP contribution in [0.4, 0.5) is 0 Å². The predicted octanol–water partition coefficient (Wildman–Crippen LogP) is 1.60. The molecule has 0 aromatic heterocycles. The molecule has 3 atom stereocenters. The van der Waals surface area contributed by atoms with Gasteiger partial charge in [0.15, 0.2) is 0 Å². The number of carbonyl (C=O) groups is 1. The first-order chi connectivity index (χ1) is 8.67. The van der Waals surface area contributed by atoms with Crippen LogP contribution < -0.4 is 10.6 Å². The van der Waals surface area contributed by atoms with Gasteiger partial charge in [-0.05, 0) is 39.3 Å². The zero-order valence-electron chi connectivity index (χ0n) is 11.9. The molecule has 0 radical (unpaired) electrons. The van der Waals surface area contributed by atoms with Crippen LogP contribution >= 0.6 is 12.4 Å². The standard InChI is InChI=1S/C13H26N2O2S.ClH/c1-3-18(17)12-7-4-6-11(10-12)15-13(16)8-5-9-14-2;/h11-12,14H,3-10H2,1-2H3,(H,15,16);1H. The van der Waals surface area contributed by atoms with E-state index in [9.17, 15) is 9.00 Å². The third kappa shape index (κ3) is 7.28. The van der Waals surface area contributed by atoms with E-state index in [0.29, 0.717) is 6.42 Å². The highest BCUT2D eigenvalue weighted by Gasteiger charge is 2.26. The van der Waals surface area contributed by atoms with Crippen molar-refractivity contribution in [1.82, 2.24) is 10.6 Å². The highest BCUT2D eigenvalue weighted by molar-refractivity contribution is 7.85. The van der Waals surface area contributed by atoms with Crippen LogP contribution in [0.1, 0.15) is 45.4 Å². The normalized spacial score (nSPS) is 24.3. The van der Waals surface area contributed by atoms with E-state index < -0.39 is 10.8 Å². The van der Waals surface area contributed by atoms with Gasteiger partial charge in [0.1, 0.15) is 0 Å². The Balaban J connectivity index is 0.00000324. The van der Waals surface area contributed by atoms with Crippen molar-refractivity contribution in [1.29, 1.82) is 0 Å². The molecule has 114 valence electrons. The Morgan fingerprint density at radius 3 is 2.74 bits per heavy atom. The second-order valence-corrected chi connectivity index (χ2v) is 6.94. The summed E-state index contributed by atoms with van der Waals surface area (Å²) in [4.78, 5) is 11.7. The molecule has 1 rings (SSSR count). The van der Waals surface area contributed by atoms with Gasteiger partial charge in [-0.25, -0.2) is 0 Å². The quantitative estimate of drug-likeness (QED) is 0.702. The molecule has 1 amide bonds. The van der Waals surface area contributed by atoms with Crippen molar-refractivity contribution in [3.05, 3.63) is 0 Å². The summed E-state index contributed by atoms with van der Waals surface area (Å²) in [6, 6.07) is 0.237. The van der Waals surface area contributed by atoms with E-state index in [-0.39, 0.29) is 29.6 Å². The molecule has 1 aliphatic carbocycles. The first kappa shape index (κ1) is 18.9. The monoisotopic (exact) mass is 310 g/mol. The second kappa shape index (κ2) is 10.6. The minimum Gasteiger partial charge on any atom is -0.353 e. The van der Waals surface area contributed by atoms with E-state index in [1.807, 2.05) is 14.0 Å². The zero-order valence-corrected chi connectivity index (χ0v) is 13.6. The molecule has 0 heterocycles. The molecule has 2 N–H and O–H groups in total. The van der Waals surface area contributed by atoms with Gasteiger partial charge < -0.3 is 10.6 Å². The van der Waals surface area contributed by atoms with Gasteiger partial charge in [-0.3, -0.25) is 9.00 Å². The van der Waals surface area contributed by atoms with Crippen molar-refractivity contribution in [3.8, 4) is 0 Å². The average Bonchev–Trinajstić information content (AvgIpc) is 2.38. The number of nitrogens with one attached hydrogen (secondary N) is 2. The number of halogens is 1. The fraction of sp³-hybridized carbons (Fsp3) is 0.923. The Hall–Kier alpha value is -0.130. The van der Waals surface area contributed by atoms with E-state index in [2.05, 4.69) is 10.6 Å². The van der Waals surface area contributed by atoms with E-state index in [4.69, 9.17) is 0 Å². The molecule has 0 saturated heterocycles. The van der Waals surface area contributed by atoms with Gasteiger partial charge in [0.25, 0.3) is 0 Å². The van der Waals surface area contributed by atoms with Crippen LogP contribution in [-0.4, -0.2) is 40.8 Å². The molecule has 0 spiro atoms. The van der Waals surface area contributed by atoms with Crippen molar-refractivity contribution in [2.75, 3.05) is 19.3 Å². The Bertz CT molecular complexity index is 290. The second-order valence-electron chi connectivity index (χ2n) is 4.93. The molecule has 0 bridgehead atoms. The van der Waals surface area contributed by atoms with Crippen LogP contribution in [0.25, 0.3) is 0 Å². The molecule has 3 unspecified atom stereocenters. The van der Waals surface area contributed by atoms with Crippen molar-refractivity contribution in [2.24, 2.45) is 0 Å². The molecule has 1 saturated carbocycles. The third-order valence-corrected chi connectivity index (χ3v) is 5.22. The van der Waals surface area contributed by atoms with Crippen molar-refractivity contribution >= 4 is 29.1 Å². The molecular weight excluding hydrogens is 284 g/mol. The number of amides is 1. The van der Waals surface area contributed by atoms with Crippen LogP contribution in [-0.2, 0) is 15.6 Å². The topological polar surface area (TPSA) is 58.2 Å². The fourth-order valence-corrected chi connectivity index (χ4v) is 3.82. The Morgan fingerprint density at radius 1 is 1.37 bits per heavy atom. The maximum Gasteiger partial charge on any atom is 0.220 e. The summed E-state index contributed by atoms with van der Waals surface area (Å²) in [5.74, 6) is 0.867. The van der Waals surface area contributed by atoms with Crippen LogP contribution in [0.2, 0.25) is 0 Å². The van der Waals surface area contributed by atoms with E-state index in [0.717, 1.165) is 44.4 Å². The van der Waals surface area contributed by atoms with Gasteiger partial charge >= 0.3 is 0 Å². The van der Waals surface area contributed by atoms with Gasteiger partial charge in [-0.2, -0.15) is 0 Å². The average molecular weight is 311 g/mol. The Kier molecular flexibility index (Phi) is 10.6. The molecular formula is C13H27ClN2O2S. The molecule has 0 aromatic carbocycles. The number of hydrogen-bond acceptors (Lipinski definition) is 3. The number of rotatable bonds is 7. The molecule has 0 aliphatic heterocycles. The van der Waals surface area contributed by atoms with E-state index in [1.165, 1.54) is 0 Å². The minimum atomic E-state index is -0.717. The van der Waals surface area contributed by atoms with Crippen molar-refractivity contribution in [2.45, 2.75) is 56.7 Å². The lowest BCUT2D eigenvalue weighted by Crippen LogP contribution is -2.41. The molecule has 4 nitrogen and oxygen atoms in total. The fourth-order valence-electron chi connectivity index (χ4n) is 2.48. The van der Waals surface area contributed by atoms with Crippen LogP contribution in [0.15, 0.2) is 0 Å². The van der Waals surface area contributed by atoms with Gasteiger partial charge in [0.2, 0.25) is 5.91 Å². The molecule has 1 fully saturated rings. The summed E-state index contributed by atoms with van der Waals surface area (Å²) in [6.07, 6.45) is 5.51. The van der Waals surface area contributed by atoms with Crippen molar-refractivity contribution < 1.29 is 9.00 Å². The summed E-state index contributed by atoms with van der Waals surface area (Å²) in [6.45, 7) is 2.84. The van der Waals surface area contributed by atoms with Gasteiger partial charge in [0.05, 0.1) is 0 Å². The van der Waals surface area contributed by atoms with Crippen molar-refractivity contribution in [3.63, 3.8) is 0 Å². The first-order valence-corrected chi connectivity index (χ1v) is 8.36. The Labute approximate surface area is 125 Å². The highest BCUT2D eigenvalue weighted by Crippen LogP contribution is 2.23. The first-order valence-electron chi connectivity index (χ1n) is 6.98. The zero-order chi connectivity index (χ0) is 13.4. The van der Waals surface area contributed by atoms with E-state index in [1.54, 1.807) is 0 Å². The maximum atomic E-state index is 11.8. The molecule has 1 aliphatic rings. The Morgan fingerprint density at radius 2 is 2.11 bits per heavy atom. The summed E-state index contributed by atoms with van der Waals surface area (Å²) >= 11 is 0. The maximum absolute atomic E-state index is 11.8. The van der Waals surface area contributed by atoms with Crippen LogP contribution in [0.5, 0.6) is 0 Å². The summed E-state index contributed by atoms with van der Waals surface area (Å²) in [5, 5.41) is 6.41. The minimum absolute atomic E-state index is 0. The summed E-state index contributed by atoms with van der Waals surface area (Å²) < 4.78 is 11.8. The van der Waals surface area contributed by atoms with Gasteiger partial charge in [0, 0.05) is 34.3 Å². The van der Waals surface area contributed by atoms with Crippen LogP contribution in [0, 0.1) is 0 Å². The van der Waals surface area contributed by atoms with Gasteiger partial charge in [-0.15, -0.1) is 12.4 Å². The lowest BCUT2D eigenvalue weighted by atomic mass is 9.95. The SMILES string of the molecule is CCS(=O)C1CCCC(NC(=O)CCCNC)C1.Cl. The lowest BCUT2D eigenvalue weighted by molar-refractivity contribution is -0.122. The van der Waals surface area contributed by atoms with E-state index >= 15 is 0 Å². The largest absolute Gasteiger partial charge is 0.353 e. The molecule has 0 aromatic rings. The van der Waals surface area contributed by atoms with Crippen LogP contribution in [0.3, 0.4) is 0 Å². The summed E-state index contributed by atoms with van der Waals surface area (Å²) in [5.41, 5.74) is 0. The molecule has 19 heavy (non-hydrogen) atoms. The highest BCUT2D eigenvalue weighted by atomic mass is 35.5. The third-order valence-electron chi connectivity index (χ3n) is 3.48. The predicted molar refractivity (Wildman–Crippen MR) is 83.3 cm³/mol. The lowest BCUT2D eigenvalue weighted by Gasteiger charge is -2.29. The summed E-state index contributed by atoms with van der Waals surface area (Å²) in [7, 11) is 1.18.